The molecule has 0 spiro atoms. The highest BCUT2D eigenvalue weighted by Gasteiger charge is 2.31. The van der Waals surface area contributed by atoms with Gasteiger partial charge in [-0.25, -0.2) is 9.59 Å². The van der Waals surface area contributed by atoms with E-state index in [1.807, 2.05) is 6.07 Å². The Balaban J connectivity index is 2.08. The number of rotatable bonds is 2. The van der Waals surface area contributed by atoms with Crippen molar-refractivity contribution in [3.8, 4) is 5.75 Å². The third-order valence-electron chi connectivity index (χ3n) is 3.22. The molecule has 1 amide bonds. The number of hydrogen-bond acceptors (Lipinski definition) is 3. The lowest BCUT2D eigenvalue weighted by atomic mass is 10.1. The van der Waals surface area contributed by atoms with Gasteiger partial charge in [0.05, 0.1) is 0 Å². The third kappa shape index (κ3) is 3.47. The van der Waals surface area contributed by atoms with E-state index in [2.05, 4.69) is 0 Å². The summed E-state index contributed by atoms with van der Waals surface area (Å²) in [6, 6.07) is 7.92. The molecule has 2 rings (SSSR count). The van der Waals surface area contributed by atoms with Crippen LogP contribution in [0.15, 0.2) is 30.3 Å². The minimum Gasteiger partial charge on any atom is -0.480 e. The van der Waals surface area contributed by atoms with Crippen LogP contribution in [0, 0.1) is 0 Å². The van der Waals surface area contributed by atoms with E-state index in [1.54, 1.807) is 24.3 Å². The van der Waals surface area contributed by atoms with Crippen LogP contribution in [-0.4, -0.2) is 34.7 Å². The van der Waals surface area contributed by atoms with E-state index in [1.165, 1.54) is 4.90 Å². The van der Waals surface area contributed by atoms with Crippen molar-refractivity contribution in [1.29, 1.82) is 0 Å². The quantitative estimate of drug-likeness (QED) is 0.890. The topological polar surface area (TPSA) is 66.8 Å². The maximum Gasteiger partial charge on any atom is 0.415 e. The first kappa shape index (κ1) is 13.4. The maximum atomic E-state index is 12.1. The van der Waals surface area contributed by atoms with E-state index in [4.69, 9.17) is 4.74 Å². The fourth-order valence-electron chi connectivity index (χ4n) is 2.23. The Bertz CT molecular complexity index is 446. The molecular formula is C14H17NO4. The van der Waals surface area contributed by atoms with Gasteiger partial charge in [-0.1, -0.05) is 31.0 Å². The molecule has 0 radical (unpaired) electrons. The molecule has 0 aromatic heterocycles. The summed E-state index contributed by atoms with van der Waals surface area (Å²) in [5.41, 5.74) is 0. The van der Waals surface area contributed by atoms with Gasteiger partial charge in [0.1, 0.15) is 11.8 Å². The summed E-state index contributed by atoms with van der Waals surface area (Å²) < 4.78 is 5.21. The first-order valence-electron chi connectivity index (χ1n) is 6.45. The minimum atomic E-state index is -0.966. The highest BCUT2D eigenvalue weighted by molar-refractivity contribution is 5.81. The molecule has 1 saturated heterocycles. The summed E-state index contributed by atoms with van der Waals surface area (Å²) in [4.78, 5) is 24.6. The van der Waals surface area contributed by atoms with Crippen LogP contribution in [0.25, 0.3) is 0 Å². The van der Waals surface area contributed by atoms with Crippen molar-refractivity contribution in [2.75, 3.05) is 6.54 Å². The number of amides is 1. The molecule has 1 fully saturated rings. The molecule has 1 aliphatic heterocycles. The number of hydrogen-bond donors (Lipinski definition) is 1. The Morgan fingerprint density at radius 1 is 1.16 bits per heavy atom. The molecule has 1 atom stereocenters. The van der Waals surface area contributed by atoms with Crippen LogP contribution in [-0.2, 0) is 4.79 Å². The molecule has 5 nitrogen and oxygen atoms in total. The van der Waals surface area contributed by atoms with Crippen LogP contribution in [0.5, 0.6) is 5.75 Å². The van der Waals surface area contributed by atoms with Crippen LogP contribution in [0.2, 0.25) is 0 Å². The number of carboxylic acid groups (broad SMARTS) is 1. The summed E-state index contributed by atoms with van der Waals surface area (Å²) in [6.45, 7) is 0.433. The molecule has 5 heteroatoms. The fourth-order valence-corrected chi connectivity index (χ4v) is 2.23. The fraction of sp³-hybridized carbons (Fsp3) is 0.429. The average molecular weight is 263 g/mol. The van der Waals surface area contributed by atoms with Crippen LogP contribution < -0.4 is 4.74 Å². The van der Waals surface area contributed by atoms with Crippen molar-refractivity contribution >= 4 is 12.1 Å². The standard InChI is InChI=1S/C14H17NO4/c16-13(17)12-9-5-2-6-10-15(12)14(18)19-11-7-3-1-4-8-11/h1,3-4,7-8,12H,2,5-6,9-10H2,(H,16,17). The van der Waals surface area contributed by atoms with Gasteiger partial charge in [0, 0.05) is 6.54 Å². The zero-order valence-corrected chi connectivity index (χ0v) is 10.6. The molecule has 1 aromatic rings. The smallest absolute Gasteiger partial charge is 0.415 e. The van der Waals surface area contributed by atoms with E-state index in [-0.39, 0.29) is 0 Å². The number of likely N-dealkylation sites (tertiary alicyclic amines) is 1. The number of para-hydroxylation sites is 1. The van der Waals surface area contributed by atoms with Crippen LogP contribution in [0.3, 0.4) is 0 Å². The first-order valence-corrected chi connectivity index (χ1v) is 6.45. The number of benzene rings is 1. The van der Waals surface area contributed by atoms with Gasteiger partial charge in [0.25, 0.3) is 0 Å². The summed E-state index contributed by atoms with van der Waals surface area (Å²) in [6.07, 6.45) is 2.48. The molecule has 0 aliphatic carbocycles. The SMILES string of the molecule is O=C(O)C1CCCCCN1C(=O)Oc1ccccc1. The Morgan fingerprint density at radius 3 is 2.58 bits per heavy atom. The van der Waals surface area contributed by atoms with Gasteiger partial charge in [0.15, 0.2) is 0 Å². The predicted molar refractivity (Wildman–Crippen MR) is 69.1 cm³/mol. The first-order chi connectivity index (χ1) is 9.18. The zero-order valence-electron chi connectivity index (χ0n) is 10.6. The number of carbonyl (C=O) groups is 2. The van der Waals surface area contributed by atoms with Crippen molar-refractivity contribution in [2.45, 2.75) is 31.7 Å². The van der Waals surface area contributed by atoms with Crippen molar-refractivity contribution in [1.82, 2.24) is 4.90 Å². The highest BCUT2D eigenvalue weighted by atomic mass is 16.6. The second-order valence-electron chi connectivity index (χ2n) is 4.58. The Morgan fingerprint density at radius 2 is 1.89 bits per heavy atom. The summed E-state index contributed by atoms with van der Waals surface area (Å²) in [5, 5.41) is 9.20. The van der Waals surface area contributed by atoms with E-state index < -0.39 is 18.1 Å². The third-order valence-corrected chi connectivity index (χ3v) is 3.22. The summed E-state index contributed by atoms with van der Waals surface area (Å²) in [5.74, 6) is -0.534. The van der Waals surface area contributed by atoms with E-state index in [9.17, 15) is 14.7 Å². The number of carbonyl (C=O) groups excluding carboxylic acids is 1. The lowest BCUT2D eigenvalue weighted by molar-refractivity contribution is -0.142. The molecule has 1 unspecified atom stereocenters. The summed E-state index contributed by atoms with van der Waals surface area (Å²) in [7, 11) is 0. The normalized spacial score (nSPS) is 19.6. The molecule has 19 heavy (non-hydrogen) atoms. The van der Waals surface area contributed by atoms with Crippen LogP contribution in [0.1, 0.15) is 25.7 Å². The lowest BCUT2D eigenvalue weighted by Crippen LogP contribution is -2.46. The molecule has 102 valence electrons. The van der Waals surface area contributed by atoms with Crippen molar-refractivity contribution in [2.24, 2.45) is 0 Å². The van der Waals surface area contributed by atoms with Crippen LogP contribution in [0.4, 0.5) is 4.79 Å². The van der Waals surface area contributed by atoms with E-state index in [0.717, 1.165) is 19.3 Å². The molecule has 0 saturated carbocycles. The van der Waals surface area contributed by atoms with E-state index in [0.29, 0.717) is 18.7 Å². The maximum absolute atomic E-state index is 12.1. The second kappa shape index (κ2) is 6.22. The second-order valence-corrected chi connectivity index (χ2v) is 4.58. The number of nitrogens with zero attached hydrogens (tertiary/aromatic N) is 1. The van der Waals surface area contributed by atoms with Gasteiger partial charge in [-0.2, -0.15) is 0 Å². The lowest BCUT2D eigenvalue weighted by Gasteiger charge is -2.25. The number of carboxylic acids is 1. The van der Waals surface area contributed by atoms with Crippen molar-refractivity contribution < 1.29 is 19.4 Å². The Kier molecular flexibility index (Phi) is 4.39. The number of aliphatic carboxylic acids is 1. The van der Waals surface area contributed by atoms with Crippen molar-refractivity contribution in [3.05, 3.63) is 30.3 Å². The van der Waals surface area contributed by atoms with Gasteiger partial charge >= 0.3 is 12.1 Å². The molecule has 0 bridgehead atoms. The monoisotopic (exact) mass is 263 g/mol. The molecule has 1 aromatic carbocycles. The van der Waals surface area contributed by atoms with E-state index >= 15 is 0 Å². The Labute approximate surface area is 111 Å². The molecule has 1 aliphatic rings. The summed E-state index contributed by atoms with van der Waals surface area (Å²) >= 11 is 0. The van der Waals surface area contributed by atoms with Crippen LogP contribution >= 0.6 is 0 Å². The van der Waals surface area contributed by atoms with Gasteiger partial charge in [-0.3, -0.25) is 4.90 Å². The Hall–Kier alpha value is -2.04. The van der Waals surface area contributed by atoms with Gasteiger partial charge < -0.3 is 9.84 Å². The highest BCUT2D eigenvalue weighted by Crippen LogP contribution is 2.19. The van der Waals surface area contributed by atoms with Gasteiger partial charge in [-0.05, 0) is 25.0 Å². The largest absolute Gasteiger partial charge is 0.480 e. The minimum absolute atomic E-state index is 0.431. The van der Waals surface area contributed by atoms with Gasteiger partial charge in [0.2, 0.25) is 0 Å². The molecule has 1 N–H and O–H groups in total. The predicted octanol–water partition coefficient (Wildman–Crippen LogP) is 2.51. The zero-order chi connectivity index (χ0) is 13.7. The van der Waals surface area contributed by atoms with Crippen molar-refractivity contribution in [3.63, 3.8) is 0 Å². The average Bonchev–Trinajstić information content (AvgIpc) is 2.65. The van der Waals surface area contributed by atoms with Gasteiger partial charge in [-0.15, -0.1) is 0 Å². The molecular weight excluding hydrogens is 246 g/mol. The number of ether oxygens (including phenoxy) is 1. The molecule has 1 heterocycles.